The van der Waals surface area contributed by atoms with E-state index in [1.54, 1.807) is 6.07 Å². The third kappa shape index (κ3) is 1.97. The topological polar surface area (TPSA) is 55.4 Å². The van der Waals surface area contributed by atoms with Gasteiger partial charge >= 0.3 is 0 Å². The van der Waals surface area contributed by atoms with Gasteiger partial charge < -0.3 is 10.1 Å². The van der Waals surface area contributed by atoms with Crippen molar-refractivity contribution < 1.29 is 17.5 Å². The number of benzene rings is 1. The Hall–Kier alpha value is -1.30. The monoisotopic (exact) mass is 257 g/mol. The third-order valence-electron chi connectivity index (χ3n) is 3.16. The second kappa shape index (κ2) is 3.60. The minimum absolute atomic E-state index is 0.0779. The van der Waals surface area contributed by atoms with Crippen LogP contribution < -0.4 is 10.1 Å². The maximum Gasteiger partial charge on any atom is 0.152 e. The first-order valence-electron chi connectivity index (χ1n) is 5.47. The lowest BCUT2D eigenvalue weighted by molar-refractivity contribution is 0.166. The molecule has 3 rings (SSSR count). The Labute approximate surface area is 98.7 Å². The van der Waals surface area contributed by atoms with Crippen molar-refractivity contribution in [2.45, 2.75) is 18.6 Å². The van der Waals surface area contributed by atoms with E-state index in [-0.39, 0.29) is 29.5 Å². The maximum atomic E-state index is 13.0. The molecule has 0 spiro atoms. The lowest BCUT2D eigenvalue weighted by Gasteiger charge is -2.37. The van der Waals surface area contributed by atoms with Gasteiger partial charge in [-0.1, -0.05) is 0 Å². The number of fused-ring (bicyclic) bond motifs is 2. The fourth-order valence-electron chi connectivity index (χ4n) is 2.31. The Kier molecular flexibility index (Phi) is 2.29. The maximum absolute atomic E-state index is 13.0. The molecule has 2 aliphatic rings. The SMILES string of the molecule is O=S1(=O)CCC2Oc3cc(F)ccc3NC2C1. The highest BCUT2D eigenvalue weighted by Crippen LogP contribution is 2.34. The number of rotatable bonds is 0. The molecule has 0 radical (unpaired) electrons. The van der Waals surface area contributed by atoms with Crippen LogP contribution in [0, 0.1) is 5.82 Å². The largest absolute Gasteiger partial charge is 0.486 e. The summed E-state index contributed by atoms with van der Waals surface area (Å²) in [4.78, 5) is 0. The highest BCUT2D eigenvalue weighted by Gasteiger charge is 2.37. The van der Waals surface area contributed by atoms with E-state index in [0.717, 1.165) is 0 Å². The number of hydrogen-bond acceptors (Lipinski definition) is 4. The van der Waals surface area contributed by atoms with Crippen LogP contribution in [0.3, 0.4) is 0 Å². The van der Waals surface area contributed by atoms with Crippen LogP contribution in [0.1, 0.15) is 6.42 Å². The first-order chi connectivity index (χ1) is 8.03. The summed E-state index contributed by atoms with van der Waals surface area (Å²) >= 11 is 0. The molecule has 17 heavy (non-hydrogen) atoms. The van der Waals surface area contributed by atoms with Gasteiger partial charge in [0.2, 0.25) is 0 Å². The molecule has 4 nitrogen and oxygen atoms in total. The molecule has 1 saturated heterocycles. The van der Waals surface area contributed by atoms with Crippen molar-refractivity contribution >= 4 is 15.5 Å². The minimum Gasteiger partial charge on any atom is -0.486 e. The number of ether oxygens (including phenoxy) is 1. The molecule has 2 atom stereocenters. The second-order valence-corrected chi connectivity index (χ2v) is 6.68. The average Bonchev–Trinajstić information content (AvgIpc) is 2.26. The molecule has 0 aliphatic carbocycles. The summed E-state index contributed by atoms with van der Waals surface area (Å²) in [6.07, 6.45) is 0.267. The number of sulfone groups is 1. The normalized spacial score (nSPS) is 29.5. The van der Waals surface area contributed by atoms with Crippen LogP contribution in [-0.2, 0) is 9.84 Å². The van der Waals surface area contributed by atoms with Crippen molar-refractivity contribution in [1.29, 1.82) is 0 Å². The molecule has 0 aromatic heterocycles. The van der Waals surface area contributed by atoms with Gasteiger partial charge in [0.1, 0.15) is 17.7 Å². The van der Waals surface area contributed by atoms with Crippen LogP contribution >= 0.6 is 0 Å². The van der Waals surface area contributed by atoms with Crippen LogP contribution in [0.5, 0.6) is 5.75 Å². The summed E-state index contributed by atoms with van der Waals surface area (Å²) in [6, 6.07) is 3.99. The molecule has 1 fully saturated rings. The van der Waals surface area contributed by atoms with E-state index in [2.05, 4.69) is 5.32 Å². The van der Waals surface area contributed by atoms with Crippen LogP contribution in [0.15, 0.2) is 18.2 Å². The predicted octanol–water partition coefficient (Wildman–Crippen LogP) is 1.19. The van der Waals surface area contributed by atoms with Crippen molar-refractivity contribution in [3.05, 3.63) is 24.0 Å². The zero-order valence-electron chi connectivity index (χ0n) is 9.02. The number of nitrogens with one attached hydrogen (secondary N) is 1. The summed E-state index contributed by atoms with van der Waals surface area (Å²) in [5.41, 5.74) is 0.657. The van der Waals surface area contributed by atoms with E-state index in [9.17, 15) is 12.8 Å². The molecule has 0 bridgehead atoms. The smallest absolute Gasteiger partial charge is 0.152 e. The first-order valence-corrected chi connectivity index (χ1v) is 7.29. The van der Waals surface area contributed by atoms with E-state index in [1.807, 2.05) is 0 Å². The molecule has 1 aromatic carbocycles. The Morgan fingerprint density at radius 1 is 1.41 bits per heavy atom. The summed E-state index contributed by atoms with van der Waals surface area (Å²) in [6.45, 7) is 0. The van der Waals surface area contributed by atoms with Gasteiger partial charge in [0.05, 0.1) is 23.2 Å². The zero-order chi connectivity index (χ0) is 12.0. The minimum atomic E-state index is -2.98. The van der Waals surface area contributed by atoms with Crippen molar-refractivity contribution in [2.75, 3.05) is 16.8 Å². The van der Waals surface area contributed by atoms with Crippen LogP contribution in [0.4, 0.5) is 10.1 Å². The van der Waals surface area contributed by atoms with E-state index in [0.29, 0.717) is 17.9 Å². The van der Waals surface area contributed by atoms with Gasteiger partial charge in [-0.15, -0.1) is 0 Å². The number of halogens is 1. The van der Waals surface area contributed by atoms with E-state index in [1.165, 1.54) is 12.1 Å². The Balaban J connectivity index is 1.92. The Morgan fingerprint density at radius 2 is 2.24 bits per heavy atom. The van der Waals surface area contributed by atoms with Crippen LogP contribution in [0.2, 0.25) is 0 Å². The molecule has 2 heterocycles. The number of hydrogen-bond donors (Lipinski definition) is 1. The molecular formula is C11H12FNO3S. The van der Waals surface area contributed by atoms with Gasteiger partial charge in [-0.3, -0.25) is 0 Å². The van der Waals surface area contributed by atoms with E-state index < -0.39 is 9.84 Å². The molecule has 0 saturated carbocycles. The standard InChI is InChI=1S/C11H12FNO3S/c12-7-1-2-8-11(5-7)16-10-3-4-17(14,15)6-9(10)13-8/h1-2,5,9-10,13H,3-4,6H2. The Morgan fingerprint density at radius 3 is 3.06 bits per heavy atom. The number of anilines is 1. The summed E-state index contributed by atoms with van der Waals surface area (Å²) in [7, 11) is -2.98. The zero-order valence-corrected chi connectivity index (χ0v) is 9.84. The summed E-state index contributed by atoms with van der Waals surface area (Å²) in [5.74, 6) is 0.326. The second-order valence-electron chi connectivity index (χ2n) is 4.45. The highest BCUT2D eigenvalue weighted by molar-refractivity contribution is 7.91. The third-order valence-corrected chi connectivity index (χ3v) is 4.88. The summed E-state index contributed by atoms with van der Waals surface area (Å²) in [5, 5.41) is 3.11. The highest BCUT2D eigenvalue weighted by atomic mass is 32.2. The van der Waals surface area contributed by atoms with Crippen molar-refractivity contribution in [1.82, 2.24) is 0 Å². The van der Waals surface area contributed by atoms with E-state index in [4.69, 9.17) is 4.74 Å². The van der Waals surface area contributed by atoms with Crippen molar-refractivity contribution in [3.63, 3.8) is 0 Å². The van der Waals surface area contributed by atoms with Gasteiger partial charge in [-0.05, 0) is 12.1 Å². The van der Waals surface area contributed by atoms with Crippen LogP contribution in [0.25, 0.3) is 0 Å². The lowest BCUT2D eigenvalue weighted by atomic mass is 10.1. The summed E-state index contributed by atoms with van der Waals surface area (Å²) < 4.78 is 41.7. The molecule has 1 aromatic rings. The molecular weight excluding hydrogens is 245 g/mol. The van der Waals surface area contributed by atoms with Crippen molar-refractivity contribution in [2.24, 2.45) is 0 Å². The predicted molar refractivity (Wildman–Crippen MR) is 61.5 cm³/mol. The van der Waals surface area contributed by atoms with Gasteiger partial charge in [-0.2, -0.15) is 0 Å². The lowest BCUT2D eigenvalue weighted by Crippen LogP contribution is -2.50. The molecule has 6 heteroatoms. The molecule has 92 valence electrons. The molecule has 0 amide bonds. The molecule has 2 unspecified atom stereocenters. The fraction of sp³-hybridized carbons (Fsp3) is 0.455. The van der Waals surface area contributed by atoms with E-state index >= 15 is 0 Å². The van der Waals surface area contributed by atoms with Crippen LogP contribution in [-0.4, -0.2) is 32.1 Å². The molecule has 2 aliphatic heterocycles. The first kappa shape index (κ1) is 10.8. The van der Waals surface area contributed by atoms with Gasteiger partial charge in [-0.25, -0.2) is 12.8 Å². The van der Waals surface area contributed by atoms with Gasteiger partial charge in [0, 0.05) is 12.5 Å². The average molecular weight is 257 g/mol. The van der Waals surface area contributed by atoms with Gasteiger partial charge in [0.25, 0.3) is 0 Å². The Bertz CT molecular complexity index is 558. The quantitative estimate of drug-likeness (QED) is 0.758. The fourth-order valence-corrected chi connectivity index (χ4v) is 3.92. The van der Waals surface area contributed by atoms with Crippen molar-refractivity contribution in [3.8, 4) is 5.75 Å². The van der Waals surface area contributed by atoms with Gasteiger partial charge in [0.15, 0.2) is 9.84 Å². The molecule has 1 N–H and O–H groups in total.